The molecular formula is C28H31N3O5. The van der Waals surface area contributed by atoms with Crippen molar-refractivity contribution in [2.75, 3.05) is 13.7 Å². The van der Waals surface area contributed by atoms with Crippen LogP contribution in [0.15, 0.2) is 77.9 Å². The van der Waals surface area contributed by atoms with Crippen molar-refractivity contribution in [1.29, 1.82) is 0 Å². The molecular weight excluding hydrogens is 458 g/mol. The first-order valence-electron chi connectivity index (χ1n) is 11.6. The Labute approximate surface area is 211 Å². The van der Waals surface area contributed by atoms with Gasteiger partial charge in [0.15, 0.2) is 11.5 Å². The summed E-state index contributed by atoms with van der Waals surface area (Å²) in [6, 6.07) is 22.2. The number of hydrogen-bond acceptors (Lipinski definition) is 6. The van der Waals surface area contributed by atoms with Crippen molar-refractivity contribution in [2.45, 2.75) is 32.9 Å². The number of nitrogens with zero attached hydrogens (tertiary/aromatic N) is 1. The van der Waals surface area contributed by atoms with Gasteiger partial charge in [0.05, 0.1) is 32.4 Å². The first kappa shape index (κ1) is 26.3. The molecule has 0 saturated carbocycles. The Balaban J connectivity index is 1.59. The van der Waals surface area contributed by atoms with Gasteiger partial charge in [-0.3, -0.25) is 4.79 Å². The van der Waals surface area contributed by atoms with Gasteiger partial charge in [-0.1, -0.05) is 60.2 Å². The number of methoxy groups -OCH3 is 1. The number of nitrogens with one attached hydrogen (secondary N) is 2. The van der Waals surface area contributed by atoms with E-state index in [0.29, 0.717) is 18.1 Å². The molecule has 8 heteroatoms. The minimum Gasteiger partial charge on any atom is -0.493 e. The van der Waals surface area contributed by atoms with E-state index in [9.17, 15) is 9.59 Å². The lowest BCUT2D eigenvalue weighted by Crippen LogP contribution is -2.33. The second-order valence-corrected chi connectivity index (χ2v) is 8.01. The predicted molar refractivity (Wildman–Crippen MR) is 138 cm³/mol. The summed E-state index contributed by atoms with van der Waals surface area (Å²) in [7, 11) is 1.57. The van der Waals surface area contributed by atoms with Gasteiger partial charge in [-0.25, -0.2) is 10.2 Å². The topological polar surface area (TPSA) is 98.2 Å². The fourth-order valence-corrected chi connectivity index (χ4v) is 3.51. The van der Waals surface area contributed by atoms with Gasteiger partial charge >= 0.3 is 6.09 Å². The second-order valence-electron chi connectivity index (χ2n) is 8.01. The Morgan fingerprint density at radius 2 is 1.81 bits per heavy atom. The van der Waals surface area contributed by atoms with Crippen LogP contribution in [-0.4, -0.2) is 31.9 Å². The molecule has 188 valence electrons. The van der Waals surface area contributed by atoms with E-state index in [-0.39, 0.29) is 18.9 Å². The summed E-state index contributed by atoms with van der Waals surface area (Å²) >= 11 is 0. The van der Waals surface area contributed by atoms with Gasteiger partial charge in [-0.2, -0.15) is 5.10 Å². The van der Waals surface area contributed by atoms with Gasteiger partial charge in [-0.05, 0) is 48.7 Å². The number of rotatable bonds is 11. The lowest BCUT2D eigenvalue weighted by atomic mass is 10.0. The van der Waals surface area contributed by atoms with Crippen LogP contribution in [0.25, 0.3) is 0 Å². The average molecular weight is 490 g/mol. The van der Waals surface area contributed by atoms with Gasteiger partial charge in [0.2, 0.25) is 5.91 Å². The Kier molecular flexibility index (Phi) is 9.88. The summed E-state index contributed by atoms with van der Waals surface area (Å²) in [5.41, 5.74) is 6.25. The van der Waals surface area contributed by atoms with Crippen LogP contribution in [0.2, 0.25) is 0 Å². The molecule has 36 heavy (non-hydrogen) atoms. The maximum absolute atomic E-state index is 12.5. The highest BCUT2D eigenvalue weighted by Gasteiger charge is 2.18. The second kappa shape index (κ2) is 13.5. The molecule has 3 aromatic carbocycles. The number of amides is 2. The molecule has 0 heterocycles. The van der Waals surface area contributed by atoms with Crippen LogP contribution in [0, 0.1) is 6.92 Å². The van der Waals surface area contributed by atoms with Crippen molar-refractivity contribution in [3.63, 3.8) is 0 Å². The first-order chi connectivity index (χ1) is 17.5. The molecule has 0 aliphatic carbocycles. The predicted octanol–water partition coefficient (Wildman–Crippen LogP) is 4.91. The molecule has 0 spiro atoms. The number of carbonyl (C=O) groups excluding carboxylic acids is 2. The Bertz CT molecular complexity index is 1180. The standard InChI is InChI=1S/C28H31N3O5/c1-4-35-28(33)30-24(23-11-6-5-7-12-23)17-27(32)31-29-18-21-13-14-25(26(16-21)34-3)36-19-22-10-8-9-20(2)15-22/h5-16,18,24H,4,17,19H2,1-3H3,(H,30,33)(H,31,32)/b29-18-/t24-/m1/s1. The molecule has 2 amide bonds. The number of aryl methyl sites for hydroxylation is 1. The summed E-state index contributed by atoms with van der Waals surface area (Å²) in [6.45, 7) is 4.42. The summed E-state index contributed by atoms with van der Waals surface area (Å²) in [5.74, 6) is 0.804. The quantitative estimate of drug-likeness (QED) is 0.295. The average Bonchev–Trinajstić information content (AvgIpc) is 2.88. The summed E-state index contributed by atoms with van der Waals surface area (Å²) in [5, 5.41) is 6.76. The van der Waals surface area contributed by atoms with Crippen molar-refractivity contribution < 1.29 is 23.8 Å². The minimum atomic E-state index is -0.584. The van der Waals surface area contributed by atoms with Gasteiger partial charge < -0.3 is 19.5 Å². The maximum atomic E-state index is 12.5. The van der Waals surface area contributed by atoms with E-state index in [1.807, 2.05) is 61.5 Å². The Morgan fingerprint density at radius 3 is 2.53 bits per heavy atom. The van der Waals surface area contributed by atoms with E-state index in [4.69, 9.17) is 14.2 Å². The molecule has 0 fully saturated rings. The molecule has 0 radical (unpaired) electrons. The maximum Gasteiger partial charge on any atom is 0.407 e. The number of benzene rings is 3. The van der Waals surface area contributed by atoms with Crippen LogP contribution in [0.1, 0.15) is 41.6 Å². The van der Waals surface area contributed by atoms with Gasteiger partial charge in [-0.15, -0.1) is 0 Å². The van der Waals surface area contributed by atoms with Gasteiger partial charge in [0.1, 0.15) is 6.61 Å². The Morgan fingerprint density at radius 1 is 1.00 bits per heavy atom. The molecule has 0 saturated heterocycles. The monoisotopic (exact) mass is 489 g/mol. The van der Waals surface area contributed by atoms with Crippen LogP contribution in [0.4, 0.5) is 4.79 Å². The number of ether oxygens (including phenoxy) is 3. The van der Waals surface area contributed by atoms with Gasteiger partial charge in [0, 0.05) is 0 Å². The number of hydrogen-bond donors (Lipinski definition) is 2. The van der Waals surface area contributed by atoms with E-state index in [1.54, 1.807) is 26.2 Å². The van der Waals surface area contributed by atoms with E-state index >= 15 is 0 Å². The van der Waals surface area contributed by atoms with E-state index in [2.05, 4.69) is 21.9 Å². The molecule has 0 bridgehead atoms. The normalized spacial score (nSPS) is 11.5. The van der Waals surface area contributed by atoms with Crippen molar-refractivity contribution in [3.8, 4) is 11.5 Å². The highest BCUT2D eigenvalue weighted by Crippen LogP contribution is 2.28. The third-order valence-electron chi connectivity index (χ3n) is 5.23. The summed E-state index contributed by atoms with van der Waals surface area (Å²) in [6.07, 6.45) is 0.926. The Hall–Kier alpha value is -4.33. The third-order valence-corrected chi connectivity index (χ3v) is 5.23. The molecule has 0 unspecified atom stereocenters. The van der Waals surface area contributed by atoms with Crippen LogP contribution < -0.4 is 20.2 Å². The zero-order valence-electron chi connectivity index (χ0n) is 20.7. The minimum absolute atomic E-state index is 0.00474. The van der Waals surface area contributed by atoms with Crippen LogP contribution in [0.3, 0.4) is 0 Å². The fraction of sp³-hybridized carbons (Fsp3) is 0.250. The fourth-order valence-electron chi connectivity index (χ4n) is 3.51. The first-order valence-corrected chi connectivity index (χ1v) is 11.6. The molecule has 0 aliphatic rings. The SMILES string of the molecule is CCOC(=O)N[C@H](CC(=O)N/N=C\c1ccc(OCc2cccc(C)c2)c(OC)c1)c1ccccc1. The van der Waals surface area contributed by atoms with E-state index in [1.165, 1.54) is 11.8 Å². The zero-order chi connectivity index (χ0) is 25.8. The summed E-state index contributed by atoms with van der Waals surface area (Å²) in [4.78, 5) is 24.4. The highest BCUT2D eigenvalue weighted by molar-refractivity contribution is 5.83. The zero-order valence-corrected chi connectivity index (χ0v) is 20.7. The smallest absolute Gasteiger partial charge is 0.407 e. The largest absolute Gasteiger partial charge is 0.493 e. The van der Waals surface area contributed by atoms with Gasteiger partial charge in [0.25, 0.3) is 0 Å². The van der Waals surface area contributed by atoms with Crippen molar-refractivity contribution in [2.24, 2.45) is 5.10 Å². The molecule has 2 N–H and O–H groups in total. The number of hydrazone groups is 1. The van der Waals surface area contributed by atoms with Crippen LogP contribution >= 0.6 is 0 Å². The molecule has 8 nitrogen and oxygen atoms in total. The van der Waals surface area contributed by atoms with Crippen molar-refractivity contribution >= 4 is 18.2 Å². The molecule has 0 aliphatic heterocycles. The third kappa shape index (κ3) is 8.16. The summed E-state index contributed by atoms with van der Waals surface area (Å²) < 4.78 is 16.3. The molecule has 3 rings (SSSR count). The lowest BCUT2D eigenvalue weighted by Gasteiger charge is -2.18. The molecule has 0 aromatic heterocycles. The number of carbonyl (C=O) groups is 2. The van der Waals surface area contributed by atoms with E-state index < -0.39 is 12.1 Å². The highest BCUT2D eigenvalue weighted by atomic mass is 16.5. The molecule has 3 aromatic rings. The van der Waals surface area contributed by atoms with Crippen molar-refractivity contribution in [1.82, 2.24) is 10.7 Å². The van der Waals surface area contributed by atoms with Crippen LogP contribution in [0.5, 0.6) is 11.5 Å². The molecule has 1 atom stereocenters. The van der Waals surface area contributed by atoms with E-state index in [0.717, 1.165) is 16.7 Å². The van der Waals surface area contributed by atoms with Crippen molar-refractivity contribution in [3.05, 3.63) is 95.1 Å². The lowest BCUT2D eigenvalue weighted by molar-refractivity contribution is -0.121. The number of alkyl carbamates (subject to hydrolysis) is 1. The van der Waals surface area contributed by atoms with Crippen LogP contribution in [-0.2, 0) is 16.1 Å².